The van der Waals surface area contributed by atoms with Crippen molar-refractivity contribution >= 4 is 11.8 Å². The number of rotatable bonds is 7. The Labute approximate surface area is 88.3 Å². The molecule has 0 aliphatic heterocycles. The zero-order valence-electron chi connectivity index (χ0n) is 9.71. The van der Waals surface area contributed by atoms with Crippen LogP contribution in [0.25, 0.3) is 0 Å². The molecule has 2 heteroatoms. The Bertz CT molecular complexity index is 105. The van der Waals surface area contributed by atoms with Crippen molar-refractivity contribution in [1.29, 1.82) is 0 Å². The average Bonchev–Trinajstić information content (AvgIpc) is 2.02. The Morgan fingerprint density at radius 1 is 1.15 bits per heavy atom. The summed E-state index contributed by atoms with van der Waals surface area (Å²) in [5.74, 6) is 3.52. The SMILES string of the molecule is CC[CH]SCCN(C(C)C)C(C)C. The van der Waals surface area contributed by atoms with Crippen molar-refractivity contribution in [3.05, 3.63) is 5.75 Å². The van der Waals surface area contributed by atoms with E-state index in [0.717, 1.165) is 0 Å². The number of hydrogen-bond acceptors (Lipinski definition) is 2. The van der Waals surface area contributed by atoms with Crippen molar-refractivity contribution in [3.63, 3.8) is 0 Å². The number of hydrogen-bond donors (Lipinski definition) is 0. The smallest absolute Gasteiger partial charge is 0.0164 e. The minimum absolute atomic E-state index is 0.669. The molecular weight excluding hydrogens is 178 g/mol. The predicted octanol–water partition coefficient (Wildman–Crippen LogP) is 3.41. The molecule has 0 spiro atoms. The van der Waals surface area contributed by atoms with Gasteiger partial charge in [-0.15, -0.1) is 0 Å². The number of thioether (sulfide) groups is 1. The highest BCUT2D eigenvalue weighted by atomic mass is 32.2. The Hall–Kier alpha value is 0.310. The monoisotopic (exact) mass is 202 g/mol. The molecule has 0 rings (SSSR count). The highest BCUT2D eigenvalue weighted by Gasteiger charge is 2.11. The van der Waals surface area contributed by atoms with Gasteiger partial charge in [-0.1, -0.05) is 6.92 Å². The highest BCUT2D eigenvalue weighted by Crippen LogP contribution is 2.11. The summed E-state index contributed by atoms with van der Waals surface area (Å²) in [6.07, 6.45) is 1.17. The number of nitrogens with zero attached hydrogens (tertiary/aromatic N) is 1. The zero-order valence-corrected chi connectivity index (χ0v) is 10.5. The first kappa shape index (κ1) is 13.3. The summed E-state index contributed by atoms with van der Waals surface area (Å²) >= 11 is 1.95. The molecule has 0 unspecified atom stereocenters. The second-order valence-electron chi connectivity index (χ2n) is 3.87. The fourth-order valence-corrected chi connectivity index (χ4v) is 2.19. The minimum atomic E-state index is 0.669. The first-order chi connectivity index (χ1) is 6.09. The van der Waals surface area contributed by atoms with Crippen LogP contribution in [-0.4, -0.2) is 29.3 Å². The van der Waals surface area contributed by atoms with Crippen molar-refractivity contribution in [2.24, 2.45) is 0 Å². The largest absolute Gasteiger partial charge is 0.298 e. The van der Waals surface area contributed by atoms with E-state index in [-0.39, 0.29) is 0 Å². The van der Waals surface area contributed by atoms with Gasteiger partial charge >= 0.3 is 0 Å². The molecular formula is C11H24NS. The van der Waals surface area contributed by atoms with Crippen molar-refractivity contribution < 1.29 is 0 Å². The summed E-state index contributed by atoms with van der Waals surface area (Å²) in [6, 6.07) is 1.34. The van der Waals surface area contributed by atoms with E-state index >= 15 is 0 Å². The second kappa shape index (κ2) is 7.69. The molecule has 0 aliphatic rings. The van der Waals surface area contributed by atoms with E-state index in [1.165, 1.54) is 18.7 Å². The van der Waals surface area contributed by atoms with Crippen molar-refractivity contribution in [3.8, 4) is 0 Å². The predicted molar refractivity (Wildman–Crippen MR) is 64.0 cm³/mol. The molecule has 0 heterocycles. The molecule has 0 amide bonds. The summed E-state index contributed by atoms with van der Waals surface area (Å²) in [5, 5.41) is 0. The molecule has 13 heavy (non-hydrogen) atoms. The van der Waals surface area contributed by atoms with Crippen LogP contribution < -0.4 is 0 Å². The second-order valence-corrected chi connectivity index (χ2v) is 4.95. The molecule has 79 valence electrons. The Morgan fingerprint density at radius 2 is 1.69 bits per heavy atom. The molecule has 0 atom stereocenters. The molecule has 0 bridgehead atoms. The van der Waals surface area contributed by atoms with E-state index in [2.05, 4.69) is 45.3 Å². The molecule has 0 aromatic heterocycles. The van der Waals surface area contributed by atoms with E-state index in [9.17, 15) is 0 Å². The van der Waals surface area contributed by atoms with E-state index in [1.807, 2.05) is 11.8 Å². The van der Waals surface area contributed by atoms with Crippen LogP contribution in [-0.2, 0) is 0 Å². The fraction of sp³-hybridized carbons (Fsp3) is 0.909. The summed E-state index contributed by atoms with van der Waals surface area (Å²) in [6.45, 7) is 12.5. The normalized spacial score (nSPS) is 12.0. The van der Waals surface area contributed by atoms with Crippen LogP contribution in [0.15, 0.2) is 0 Å². The van der Waals surface area contributed by atoms with Crippen LogP contribution in [0.3, 0.4) is 0 Å². The van der Waals surface area contributed by atoms with E-state index in [1.54, 1.807) is 0 Å². The first-order valence-electron chi connectivity index (χ1n) is 5.28. The maximum atomic E-state index is 2.54. The topological polar surface area (TPSA) is 3.24 Å². The van der Waals surface area contributed by atoms with Crippen molar-refractivity contribution in [2.75, 3.05) is 12.3 Å². The van der Waals surface area contributed by atoms with Crippen LogP contribution in [0.1, 0.15) is 41.0 Å². The van der Waals surface area contributed by atoms with Gasteiger partial charge in [-0.25, -0.2) is 0 Å². The maximum absolute atomic E-state index is 2.54. The van der Waals surface area contributed by atoms with Gasteiger partial charge < -0.3 is 0 Å². The van der Waals surface area contributed by atoms with Crippen LogP contribution >= 0.6 is 11.8 Å². The molecule has 0 fully saturated rings. The Balaban J connectivity index is 3.58. The molecule has 0 aromatic carbocycles. The standard InChI is InChI=1S/C11H24NS/c1-6-8-13-9-7-12(10(2)3)11(4)5/h8,10-11H,6-7,9H2,1-5H3. The Morgan fingerprint density at radius 3 is 2.08 bits per heavy atom. The van der Waals surface area contributed by atoms with Gasteiger partial charge in [0.2, 0.25) is 0 Å². The summed E-state index contributed by atoms with van der Waals surface area (Å²) in [4.78, 5) is 2.54. The summed E-state index contributed by atoms with van der Waals surface area (Å²) in [5.41, 5.74) is 0. The van der Waals surface area contributed by atoms with Gasteiger partial charge in [0.1, 0.15) is 0 Å². The minimum Gasteiger partial charge on any atom is -0.298 e. The van der Waals surface area contributed by atoms with Crippen LogP contribution in [0.2, 0.25) is 0 Å². The summed E-state index contributed by atoms with van der Waals surface area (Å²) in [7, 11) is 0. The molecule has 0 aromatic rings. The average molecular weight is 202 g/mol. The third-order valence-corrected chi connectivity index (χ3v) is 3.07. The van der Waals surface area contributed by atoms with Gasteiger partial charge in [0.25, 0.3) is 0 Å². The third kappa shape index (κ3) is 6.39. The molecule has 0 saturated carbocycles. The van der Waals surface area contributed by atoms with Crippen LogP contribution in [0.5, 0.6) is 0 Å². The molecule has 0 saturated heterocycles. The first-order valence-corrected chi connectivity index (χ1v) is 6.33. The third-order valence-electron chi connectivity index (χ3n) is 2.08. The lowest BCUT2D eigenvalue weighted by molar-refractivity contribution is 0.187. The van der Waals surface area contributed by atoms with E-state index in [4.69, 9.17) is 0 Å². The molecule has 1 radical (unpaired) electrons. The zero-order chi connectivity index (χ0) is 10.3. The quantitative estimate of drug-likeness (QED) is 0.582. The lowest BCUT2D eigenvalue weighted by Crippen LogP contribution is -2.38. The van der Waals surface area contributed by atoms with Gasteiger partial charge in [-0.3, -0.25) is 4.90 Å². The molecule has 0 aliphatic carbocycles. The lowest BCUT2D eigenvalue weighted by atomic mass is 10.2. The van der Waals surface area contributed by atoms with Gasteiger partial charge in [-0.05, 0) is 34.1 Å². The van der Waals surface area contributed by atoms with Gasteiger partial charge in [0, 0.05) is 30.1 Å². The molecule has 0 N–H and O–H groups in total. The fourth-order valence-electron chi connectivity index (χ4n) is 1.47. The van der Waals surface area contributed by atoms with Gasteiger partial charge in [0.05, 0.1) is 0 Å². The summed E-state index contributed by atoms with van der Waals surface area (Å²) < 4.78 is 0. The van der Waals surface area contributed by atoms with Crippen molar-refractivity contribution in [2.45, 2.75) is 53.1 Å². The van der Waals surface area contributed by atoms with Gasteiger partial charge in [-0.2, -0.15) is 11.8 Å². The van der Waals surface area contributed by atoms with Crippen LogP contribution in [0.4, 0.5) is 0 Å². The lowest BCUT2D eigenvalue weighted by Gasteiger charge is -2.30. The van der Waals surface area contributed by atoms with Gasteiger partial charge in [0.15, 0.2) is 0 Å². The maximum Gasteiger partial charge on any atom is 0.0164 e. The van der Waals surface area contributed by atoms with Crippen LogP contribution in [0, 0.1) is 5.75 Å². The Kier molecular flexibility index (Phi) is 7.87. The molecule has 1 nitrogen and oxygen atoms in total. The van der Waals surface area contributed by atoms with Crippen molar-refractivity contribution in [1.82, 2.24) is 4.90 Å². The van der Waals surface area contributed by atoms with E-state index in [0.29, 0.717) is 12.1 Å². The van der Waals surface area contributed by atoms with E-state index < -0.39 is 0 Å². The highest BCUT2D eigenvalue weighted by molar-refractivity contribution is 8.01.